The smallest absolute Gasteiger partial charge is 0.0114 e. The van der Waals surface area contributed by atoms with E-state index in [0.29, 0.717) is 6.04 Å². The largest absolute Gasteiger partial charge is 0.317 e. The van der Waals surface area contributed by atoms with E-state index in [1.165, 1.54) is 5.56 Å². The fourth-order valence-corrected chi connectivity index (χ4v) is 1.98. The molecule has 1 aromatic rings. The maximum absolute atomic E-state index is 5.23. The number of nitrogens with one attached hydrogen (secondary N) is 1. The molecule has 0 saturated heterocycles. The third-order valence-electron chi connectivity index (χ3n) is 2.11. The lowest BCUT2D eigenvalue weighted by Gasteiger charge is -2.13. The third-order valence-corrected chi connectivity index (χ3v) is 2.84. The van der Waals surface area contributed by atoms with Crippen molar-refractivity contribution in [3.8, 4) is 12.3 Å². The summed E-state index contributed by atoms with van der Waals surface area (Å²) in [6.45, 7) is 0. The van der Waals surface area contributed by atoms with Crippen molar-refractivity contribution in [2.45, 2.75) is 25.3 Å². The van der Waals surface area contributed by atoms with Gasteiger partial charge in [0.2, 0.25) is 0 Å². The first-order valence-electron chi connectivity index (χ1n) is 4.48. The van der Waals surface area contributed by atoms with Gasteiger partial charge in [-0.3, -0.25) is 0 Å². The van der Waals surface area contributed by atoms with Gasteiger partial charge in [0, 0.05) is 12.5 Å². The summed E-state index contributed by atoms with van der Waals surface area (Å²) in [6.07, 6.45) is 8.23. The second-order valence-corrected chi connectivity index (χ2v) is 3.84. The molecule has 0 amide bonds. The molecule has 0 spiro atoms. The molecule has 1 aromatic heterocycles. The molecule has 0 radical (unpaired) electrons. The monoisotopic (exact) mass is 193 g/mol. The van der Waals surface area contributed by atoms with Gasteiger partial charge in [-0.15, -0.1) is 12.3 Å². The average Bonchev–Trinajstić information content (AvgIpc) is 2.64. The van der Waals surface area contributed by atoms with Gasteiger partial charge in [-0.25, -0.2) is 0 Å². The molecular formula is C11H15NS. The first kappa shape index (κ1) is 10.3. The number of hydrogen-bond donors (Lipinski definition) is 1. The molecule has 0 aliphatic heterocycles. The predicted molar refractivity (Wildman–Crippen MR) is 58.9 cm³/mol. The molecule has 0 aliphatic carbocycles. The molecule has 1 N–H and O–H groups in total. The molecule has 1 nitrogen and oxygen atoms in total. The van der Waals surface area contributed by atoms with Crippen LogP contribution >= 0.6 is 11.3 Å². The first-order valence-corrected chi connectivity index (χ1v) is 5.43. The van der Waals surface area contributed by atoms with E-state index in [-0.39, 0.29) is 0 Å². The highest BCUT2D eigenvalue weighted by Gasteiger charge is 2.05. The third kappa shape index (κ3) is 3.63. The van der Waals surface area contributed by atoms with Crippen LogP contribution in [-0.4, -0.2) is 13.1 Å². The Morgan fingerprint density at radius 2 is 2.54 bits per heavy atom. The van der Waals surface area contributed by atoms with Gasteiger partial charge >= 0.3 is 0 Å². The van der Waals surface area contributed by atoms with Gasteiger partial charge in [0.15, 0.2) is 0 Å². The highest BCUT2D eigenvalue weighted by molar-refractivity contribution is 7.07. The van der Waals surface area contributed by atoms with Crippen LogP contribution < -0.4 is 5.32 Å². The second-order valence-electron chi connectivity index (χ2n) is 3.06. The normalized spacial score (nSPS) is 12.3. The minimum atomic E-state index is 0.519. The van der Waals surface area contributed by atoms with Crippen molar-refractivity contribution in [1.29, 1.82) is 0 Å². The lowest BCUT2D eigenvalue weighted by Crippen LogP contribution is -2.27. The summed E-state index contributed by atoms with van der Waals surface area (Å²) >= 11 is 1.75. The Morgan fingerprint density at radius 1 is 1.69 bits per heavy atom. The van der Waals surface area contributed by atoms with E-state index in [9.17, 15) is 0 Å². The van der Waals surface area contributed by atoms with Crippen LogP contribution in [0.2, 0.25) is 0 Å². The molecule has 2 heteroatoms. The van der Waals surface area contributed by atoms with E-state index in [4.69, 9.17) is 6.42 Å². The van der Waals surface area contributed by atoms with Crippen LogP contribution in [0.4, 0.5) is 0 Å². The Bertz CT molecular complexity index is 258. The van der Waals surface area contributed by atoms with E-state index >= 15 is 0 Å². The number of likely N-dealkylation sites (N-methyl/N-ethyl adjacent to an activating group) is 1. The topological polar surface area (TPSA) is 12.0 Å². The van der Waals surface area contributed by atoms with Crippen molar-refractivity contribution < 1.29 is 0 Å². The van der Waals surface area contributed by atoms with Crippen LogP contribution in [0, 0.1) is 12.3 Å². The molecule has 1 heterocycles. The van der Waals surface area contributed by atoms with Gasteiger partial charge in [0.25, 0.3) is 0 Å². The zero-order valence-electron chi connectivity index (χ0n) is 7.92. The van der Waals surface area contributed by atoms with Crippen molar-refractivity contribution in [2.24, 2.45) is 0 Å². The zero-order valence-corrected chi connectivity index (χ0v) is 8.73. The molecule has 0 aromatic carbocycles. The quantitative estimate of drug-likeness (QED) is 0.707. The van der Waals surface area contributed by atoms with Crippen molar-refractivity contribution in [3.63, 3.8) is 0 Å². The van der Waals surface area contributed by atoms with E-state index in [1.807, 2.05) is 7.05 Å². The number of thiophene rings is 1. The van der Waals surface area contributed by atoms with Crippen LogP contribution in [0.1, 0.15) is 18.4 Å². The molecule has 70 valence electrons. The van der Waals surface area contributed by atoms with Gasteiger partial charge in [-0.05, 0) is 42.3 Å². The van der Waals surface area contributed by atoms with Crippen LogP contribution in [0.15, 0.2) is 16.8 Å². The summed E-state index contributed by atoms with van der Waals surface area (Å²) in [6, 6.07) is 2.69. The Morgan fingerprint density at radius 3 is 3.08 bits per heavy atom. The van der Waals surface area contributed by atoms with E-state index in [2.05, 4.69) is 28.1 Å². The van der Waals surface area contributed by atoms with Crippen molar-refractivity contribution >= 4 is 11.3 Å². The molecule has 1 unspecified atom stereocenters. The second kappa shape index (κ2) is 5.80. The molecule has 0 bridgehead atoms. The number of hydrogen-bond acceptors (Lipinski definition) is 2. The maximum atomic E-state index is 5.23. The van der Waals surface area contributed by atoms with Crippen LogP contribution in [-0.2, 0) is 6.42 Å². The van der Waals surface area contributed by atoms with Crippen LogP contribution in [0.25, 0.3) is 0 Å². The summed E-state index contributed by atoms with van der Waals surface area (Å²) in [5.41, 5.74) is 1.40. The van der Waals surface area contributed by atoms with Gasteiger partial charge in [0.1, 0.15) is 0 Å². The standard InChI is InChI=1S/C11H15NS/c1-3-4-5-11(12-2)8-10-6-7-13-9-10/h1,6-7,9,11-12H,4-5,8H2,2H3. The fraction of sp³-hybridized carbons (Fsp3) is 0.455. The molecule has 1 rings (SSSR count). The summed E-state index contributed by atoms with van der Waals surface area (Å²) in [5.74, 6) is 2.67. The van der Waals surface area contributed by atoms with E-state index in [1.54, 1.807) is 11.3 Å². The Hall–Kier alpha value is -0.780. The number of terminal acetylenes is 1. The Labute approximate surface area is 84.2 Å². The SMILES string of the molecule is C#CCCC(Cc1ccsc1)NC. The Balaban J connectivity index is 2.36. The lowest BCUT2D eigenvalue weighted by atomic mass is 10.0. The molecule has 0 aliphatic rings. The van der Waals surface area contributed by atoms with Crippen molar-refractivity contribution in [1.82, 2.24) is 5.32 Å². The zero-order chi connectivity index (χ0) is 9.52. The van der Waals surface area contributed by atoms with Gasteiger partial charge in [-0.1, -0.05) is 0 Å². The van der Waals surface area contributed by atoms with Crippen molar-refractivity contribution in [3.05, 3.63) is 22.4 Å². The number of rotatable bonds is 5. The summed E-state index contributed by atoms with van der Waals surface area (Å²) < 4.78 is 0. The molecule has 0 saturated carbocycles. The van der Waals surface area contributed by atoms with Gasteiger partial charge in [0.05, 0.1) is 0 Å². The highest BCUT2D eigenvalue weighted by atomic mass is 32.1. The van der Waals surface area contributed by atoms with Gasteiger partial charge in [-0.2, -0.15) is 11.3 Å². The fourth-order valence-electron chi connectivity index (χ4n) is 1.30. The van der Waals surface area contributed by atoms with Gasteiger partial charge < -0.3 is 5.32 Å². The summed E-state index contributed by atoms with van der Waals surface area (Å²) in [7, 11) is 1.99. The predicted octanol–water partition coefficient (Wildman–Crippen LogP) is 2.29. The van der Waals surface area contributed by atoms with E-state index in [0.717, 1.165) is 19.3 Å². The minimum absolute atomic E-state index is 0.519. The summed E-state index contributed by atoms with van der Waals surface area (Å²) in [5, 5.41) is 7.59. The van der Waals surface area contributed by atoms with Crippen LogP contribution in [0.5, 0.6) is 0 Å². The summed E-state index contributed by atoms with van der Waals surface area (Å²) in [4.78, 5) is 0. The molecular weight excluding hydrogens is 178 g/mol. The molecule has 0 fully saturated rings. The first-order chi connectivity index (χ1) is 6.36. The lowest BCUT2D eigenvalue weighted by molar-refractivity contribution is 0.528. The molecule has 13 heavy (non-hydrogen) atoms. The highest BCUT2D eigenvalue weighted by Crippen LogP contribution is 2.10. The average molecular weight is 193 g/mol. The minimum Gasteiger partial charge on any atom is -0.317 e. The van der Waals surface area contributed by atoms with E-state index < -0.39 is 0 Å². The Kier molecular flexibility index (Phi) is 4.59. The van der Waals surface area contributed by atoms with Crippen molar-refractivity contribution in [2.75, 3.05) is 7.05 Å². The molecule has 1 atom stereocenters. The van der Waals surface area contributed by atoms with Crippen LogP contribution in [0.3, 0.4) is 0 Å². The maximum Gasteiger partial charge on any atom is 0.0114 e.